The Morgan fingerprint density at radius 1 is 1.24 bits per heavy atom. The molecule has 3 rings (SSSR count). The van der Waals surface area contributed by atoms with Crippen molar-refractivity contribution in [1.82, 2.24) is 0 Å². The number of fused-ring (bicyclic) bond motifs is 1. The Bertz CT molecular complexity index is 573. The third-order valence-corrected chi connectivity index (χ3v) is 5.89. The monoisotopic (exact) mass is 306 g/mol. The quantitative estimate of drug-likeness (QED) is 0.900. The maximum atomic E-state index is 12.3. The van der Waals surface area contributed by atoms with Crippen molar-refractivity contribution in [3.8, 4) is 0 Å². The number of anilines is 1. The van der Waals surface area contributed by atoms with Gasteiger partial charge in [0.15, 0.2) is 0 Å². The second-order valence-corrected chi connectivity index (χ2v) is 7.50. The van der Waals surface area contributed by atoms with E-state index in [0.717, 1.165) is 50.5 Å². The predicted octanol–water partition coefficient (Wildman–Crippen LogP) is 3.10. The van der Waals surface area contributed by atoms with Crippen molar-refractivity contribution < 1.29 is 9.59 Å². The molecule has 0 radical (unpaired) electrons. The number of nitrogens with two attached hydrogens (primary N) is 1. The van der Waals surface area contributed by atoms with Crippen LogP contribution in [0.15, 0.2) is 0 Å². The molecule has 1 aromatic heterocycles. The first-order valence-corrected chi connectivity index (χ1v) is 8.63. The van der Waals surface area contributed by atoms with Crippen LogP contribution >= 0.6 is 11.3 Å². The number of primary amides is 1. The van der Waals surface area contributed by atoms with Gasteiger partial charge in [0.1, 0.15) is 5.00 Å². The van der Waals surface area contributed by atoms with Crippen LogP contribution in [0.2, 0.25) is 0 Å². The molecule has 0 spiro atoms. The summed E-state index contributed by atoms with van der Waals surface area (Å²) in [6, 6.07) is 0. The van der Waals surface area contributed by atoms with Gasteiger partial charge in [0.2, 0.25) is 5.91 Å². The molecular weight excluding hydrogens is 284 g/mol. The average Bonchev–Trinajstić information content (AvgIpc) is 3.04. The molecule has 2 aliphatic carbocycles. The summed E-state index contributed by atoms with van der Waals surface area (Å²) in [6.07, 6.45) is 7.13. The van der Waals surface area contributed by atoms with Gasteiger partial charge < -0.3 is 11.1 Å². The van der Waals surface area contributed by atoms with Crippen LogP contribution in [0.4, 0.5) is 5.00 Å². The van der Waals surface area contributed by atoms with Gasteiger partial charge in [0, 0.05) is 10.8 Å². The lowest BCUT2D eigenvalue weighted by Crippen LogP contribution is -2.22. The van der Waals surface area contributed by atoms with E-state index in [4.69, 9.17) is 5.73 Å². The third kappa shape index (κ3) is 2.84. The molecule has 1 atom stereocenters. The Morgan fingerprint density at radius 3 is 2.62 bits per heavy atom. The lowest BCUT2D eigenvalue weighted by Gasteiger charge is -2.18. The first kappa shape index (κ1) is 14.6. The van der Waals surface area contributed by atoms with E-state index in [-0.39, 0.29) is 11.8 Å². The summed E-state index contributed by atoms with van der Waals surface area (Å²) < 4.78 is 0. The normalized spacial score (nSPS) is 22.0. The summed E-state index contributed by atoms with van der Waals surface area (Å²) in [7, 11) is 0. The van der Waals surface area contributed by atoms with Gasteiger partial charge in [-0.25, -0.2) is 0 Å². The van der Waals surface area contributed by atoms with Crippen LogP contribution in [-0.2, 0) is 17.6 Å². The van der Waals surface area contributed by atoms with E-state index in [0.29, 0.717) is 16.5 Å². The molecule has 2 amide bonds. The van der Waals surface area contributed by atoms with Crippen LogP contribution < -0.4 is 11.1 Å². The van der Waals surface area contributed by atoms with Gasteiger partial charge in [-0.3, -0.25) is 9.59 Å². The fraction of sp³-hybridized carbons (Fsp3) is 0.625. The minimum atomic E-state index is -0.413. The molecule has 2 aliphatic rings. The van der Waals surface area contributed by atoms with Gasteiger partial charge in [-0.05, 0) is 43.6 Å². The van der Waals surface area contributed by atoms with Crippen molar-refractivity contribution in [3.63, 3.8) is 0 Å². The highest BCUT2D eigenvalue weighted by Gasteiger charge is 2.29. The summed E-state index contributed by atoms with van der Waals surface area (Å²) >= 11 is 1.55. The van der Waals surface area contributed by atoms with Crippen LogP contribution in [0.5, 0.6) is 0 Å². The van der Waals surface area contributed by atoms with Crippen molar-refractivity contribution in [3.05, 3.63) is 16.0 Å². The molecule has 0 bridgehead atoms. The fourth-order valence-electron chi connectivity index (χ4n) is 3.50. The molecule has 0 aromatic carbocycles. The number of hydrogen-bond donors (Lipinski definition) is 2. The average molecular weight is 306 g/mol. The SMILES string of the molecule is C[C@@H]1CCc2c(sc(NC(=O)C3CCCC3)c2C(N)=O)C1. The topological polar surface area (TPSA) is 72.2 Å². The molecule has 114 valence electrons. The molecule has 0 aliphatic heterocycles. The summed E-state index contributed by atoms with van der Waals surface area (Å²) in [5.74, 6) is 0.379. The molecule has 21 heavy (non-hydrogen) atoms. The Morgan fingerprint density at radius 2 is 1.95 bits per heavy atom. The molecule has 4 nitrogen and oxygen atoms in total. The summed E-state index contributed by atoms with van der Waals surface area (Å²) in [4.78, 5) is 25.4. The van der Waals surface area contributed by atoms with Crippen molar-refractivity contribution in [2.75, 3.05) is 5.32 Å². The minimum absolute atomic E-state index is 0.0571. The van der Waals surface area contributed by atoms with Gasteiger partial charge in [-0.2, -0.15) is 0 Å². The van der Waals surface area contributed by atoms with E-state index in [1.54, 1.807) is 11.3 Å². The van der Waals surface area contributed by atoms with Gasteiger partial charge >= 0.3 is 0 Å². The number of carbonyl (C=O) groups is 2. The van der Waals surface area contributed by atoms with Gasteiger partial charge in [0.25, 0.3) is 5.91 Å². The standard InChI is InChI=1S/C16H22N2O2S/c1-9-6-7-11-12(8-9)21-16(13(11)14(17)19)18-15(20)10-4-2-3-5-10/h9-10H,2-8H2,1H3,(H2,17,19)(H,18,20)/t9-/m1/s1. The summed E-state index contributed by atoms with van der Waals surface area (Å²) in [6.45, 7) is 2.23. The highest BCUT2D eigenvalue weighted by molar-refractivity contribution is 7.17. The van der Waals surface area contributed by atoms with Crippen molar-refractivity contribution >= 4 is 28.2 Å². The van der Waals surface area contributed by atoms with Crippen LogP contribution in [-0.4, -0.2) is 11.8 Å². The predicted molar refractivity (Wildman–Crippen MR) is 84.6 cm³/mol. The zero-order valence-electron chi connectivity index (χ0n) is 12.4. The molecule has 1 fully saturated rings. The Balaban J connectivity index is 1.87. The molecule has 1 heterocycles. The molecule has 5 heteroatoms. The minimum Gasteiger partial charge on any atom is -0.365 e. The lowest BCUT2D eigenvalue weighted by molar-refractivity contribution is -0.119. The van der Waals surface area contributed by atoms with E-state index in [9.17, 15) is 9.59 Å². The van der Waals surface area contributed by atoms with Crippen LogP contribution in [0.3, 0.4) is 0 Å². The summed E-state index contributed by atoms with van der Waals surface area (Å²) in [5.41, 5.74) is 7.20. The van der Waals surface area contributed by atoms with Gasteiger partial charge in [0.05, 0.1) is 5.56 Å². The second kappa shape index (κ2) is 5.79. The van der Waals surface area contributed by atoms with Crippen LogP contribution in [0.1, 0.15) is 59.8 Å². The number of nitrogens with one attached hydrogen (secondary N) is 1. The van der Waals surface area contributed by atoms with Crippen LogP contribution in [0.25, 0.3) is 0 Å². The van der Waals surface area contributed by atoms with E-state index in [1.165, 1.54) is 4.88 Å². The maximum absolute atomic E-state index is 12.3. The smallest absolute Gasteiger partial charge is 0.251 e. The highest BCUT2D eigenvalue weighted by atomic mass is 32.1. The second-order valence-electron chi connectivity index (χ2n) is 6.39. The number of rotatable bonds is 3. The first-order valence-electron chi connectivity index (χ1n) is 7.81. The Hall–Kier alpha value is -1.36. The van der Waals surface area contributed by atoms with E-state index >= 15 is 0 Å². The number of hydrogen-bond acceptors (Lipinski definition) is 3. The van der Waals surface area contributed by atoms with Crippen molar-refractivity contribution in [2.24, 2.45) is 17.6 Å². The summed E-state index contributed by atoms with van der Waals surface area (Å²) in [5, 5.41) is 3.66. The zero-order valence-corrected chi connectivity index (χ0v) is 13.2. The third-order valence-electron chi connectivity index (χ3n) is 4.72. The van der Waals surface area contributed by atoms with Crippen LogP contribution in [0, 0.1) is 11.8 Å². The molecule has 1 saturated carbocycles. The zero-order chi connectivity index (χ0) is 15.0. The molecule has 1 aromatic rings. The largest absolute Gasteiger partial charge is 0.365 e. The number of amides is 2. The molecule has 3 N–H and O–H groups in total. The van der Waals surface area contributed by atoms with E-state index in [2.05, 4.69) is 12.2 Å². The van der Waals surface area contributed by atoms with Crippen molar-refractivity contribution in [2.45, 2.75) is 51.9 Å². The maximum Gasteiger partial charge on any atom is 0.251 e. The molecule has 0 saturated heterocycles. The Labute approximate surface area is 129 Å². The van der Waals surface area contributed by atoms with Gasteiger partial charge in [-0.15, -0.1) is 11.3 Å². The van der Waals surface area contributed by atoms with E-state index < -0.39 is 5.91 Å². The first-order chi connectivity index (χ1) is 10.1. The fourth-order valence-corrected chi connectivity index (χ4v) is 4.92. The number of thiophene rings is 1. The molecular formula is C16H22N2O2S. The number of carbonyl (C=O) groups excluding carboxylic acids is 2. The Kier molecular flexibility index (Phi) is 4.02. The molecule has 0 unspecified atom stereocenters. The van der Waals surface area contributed by atoms with Gasteiger partial charge in [-0.1, -0.05) is 19.8 Å². The lowest BCUT2D eigenvalue weighted by atomic mass is 9.88. The van der Waals surface area contributed by atoms with E-state index in [1.807, 2.05) is 0 Å². The van der Waals surface area contributed by atoms with Crippen molar-refractivity contribution in [1.29, 1.82) is 0 Å². The highest BCUT2D eigenvalue weighted by Crippen LogP contribution is 2.40.